The Morgan fingerprint density at radius 3 is 2.75 bits per heavy atom. The number of piperidine rings is 1. The molecule has 1 aromatic rings. The topological polar surface area (TPSA) is 60.0 Å². The minimum absolute atomic E-state index is 0.0841. The van der Waals surface area contributed by atoms with Crippen LogP contribution in [-0.2, 0) is 0 Å². The summed E-state index contributed by atoms with van der Waals surface area (Å²) < 4.78 is 16.5. The highest BCUT2D eigenvalue weighted by molar-refractivity contribution is 5.95. The first-order valence-electron chi connectivity index (χ1n) is 8.72. The van der Waals surface area contributed by atoms with E-state index >= 15 is 0 Å². The van der Waals surface area contributed by atoms with Gasteiger partial charge >= 0.3 is 0 Å². The van der Waals surface area contributed by atoms with Crippen LogP contribution in [-0.4, -0.2) is 56.8 Å². The van der Waals surface area contributed by atoms with Gasteiger partial charge in [0, 0.05) is 24.7 Å². The number of nitrogens with one attached hydrogen (secondary N) is 1. The van der Waals surface area contributed by atoms with E-state index in [1.165, 1.54) is 6.42 Å². The number of fused-ring (bicyclic) bond motifs is 1. The molecule has 0 saturated carbocycles. The van der Waals surface area contributed by atoms with Crippen LogP contribution in [0.4, 0.5) is 0 Å². The fourth-order valence-electron chi connectivity index (χ4n) is 3.29. The van der Waals surface area contributed by atoms with Gasteiger partial charge in [0.1, 0.15) is 13.2 Å². The van der Waals surface area contributed by atoms with E-state index < -0.39 is 0 Å². The van der Waals surface area contributed by atoms with Gasteiger partial charge in [0.2, 0.25) is 5.75 Å². The van der Waals surface area contributed by atoms with Crippen LogP contribution in [0.2, 0.25) is 0 Å². The van der Waals surface area contributed by atoms with Crippen molar-refractivity contribution in [1.29, 1.82) is 0 Å². The first-order valence-corrected chi connectivity index (χ1v) is 8.72. The molecule has 2 heterocycles. The number of likely N-dealkylation sites (tertiary alicyclic amines) is 1. The number of hydrogen-bond acceptors (Lipinski definition) is 5. The molecule has 1 fully saturated rings. The van der Waals surface area contributed by atoms with Crippen LogP contribution in [0.15, 0.2) is 12.1 Å². The SMILES string of the molecule is CCCN1CCC(NC(=O)c2cc(OC)c3c(c2)OCCO3)CC1. The highest BCUT2D eigenvalue weighted by atomic mass is 16.6. The fourth-order valence-corrected chi connectivity index (χ4v) is 3.29. The Balaban J connectivity index is 1.65. The molecule has 0 unspecified atom stereocenters. The molecule has 1 saturated heterocycles. The van der Waals surface area contributed by atoms with E-state index in [4.69, 9.17) is 14.2 Å². The molecule has 24 heavy (non-hydrogen) atoms. The van der Waals surface area contributed by atoms with Crippen molar-refractivity contribution >= 4 is 5.91 Å². The molecule has 0 atom stereocenters. The number of ether oxygens (including phenoxy) is 3. The van der Waals surface area contributed by atoms with Gasteiger partial charge in [0.25, 0.3) is 5.91 Å². The summed E-state index contributed by atoms with van der Waals surface area (Å²) in [5.74, 6) is 1.60. The van der Waals surface area contributed by atoms with E-state index in [9.17, 15) is 4.79 Å². The third-order valence-electron chi connectivity index (χ3n) is 4.55. The Kier molecular flexibility index (Phi) is 5.45. The van der Waals surface area contributed by atoms with Crippen LogP contribution in [0.5, 0.6) is 17.2 Å². The zero-order valence-electron chi connectivity index (χ0n) is 14.5. The Labute approximate surface area is 143 Å². The second kappa shape index (κ2) is 7.75. The molecule has 0 spiro atoms. The van der Waals surface area contributed by atoms with Crippen molar-refractivity contribution in [3.63, 3.8) is 0 Å². The minimum atomic E-state index is -0.0841. The lowest BCUT2D eigenvalue weighted by molar-refractivity contribution is 0.0909. The molecular formula is C18H26N2O4. The molecule has 132 valence electrons. The van der Waals surface area contributed by atoms with Crippen molar-refractivity contribution in [2.75, 3.05) is 40.0 Å². The van der Waals surface area contributed by atoms with Gasteiger partial charge in [-0.05, 0) is 37.9 Å². The van der Waals surface area contributed by atoms with Crippen molar-refractivity contribution in [1.82, 2.24) is 10.2 Å². The Morgan fingerprint density at radius 2 is 2.04 bits per heavy atom. The predicted molar refractivity (Wildman–Crippen MR) is 91.2 cm³/mol. The van der Waals surface area contributed by atoms with Gasteiger partial charge in [-0.1, -0.05) is 6.92 Å². The molecule has 1 aromatic carbocycles. The molecule has 6 heteroatoms. The van der Waals surface area contributed by atoms with E-state index in [2.05, 4.69) is 17.1 Å². The number of hydrogen-bond donors (Lipinski definition) is 1. The van der Waals surface area contributed by atoms with Crippen LogP contribution in [0.1, 0.15) is 36.5 Å². The van der Waals surface area contributed by atoms with Gasteiger partial charge in [0.05, 0.1) is 7.11 Å². The normalized spacial score (nSPS) is 18.2. The van der Waals surface area contributed by atoms with Gasteiger partial charge in [0.15, 0.2) is 11.5 Å². The number of carbonyl (C=O) groups is 1. The van der Waals surface area contributed by atoms with Crippen molar-refractivity contribution in [3.05, 3.63) is 17.7 Å². The average molecular weight is 334 g/mol. The van der Waals surface area contributed by atoms with Crippen molar-refractivity contribution in [2.45, 2.75) is 32.2 Å². The van der Waals surface area contributed by atoms with Crippen molar-refractivity contribution in [2.24, 2.45) is 0 Å². The van der Waals surface area contributed by atoms with E-state index in [1.807, 2.05) is 0 Å². The summed E-state index contributed by atoms with van der Waals surface area (Å²) >= 11 is 0. The van der Waals surface area contributed by atoms with Gasteiger partial charge in [-0.3, -0.25) is 4.79 Å². The van der Waals surface area contributed by atoms with Crippen LogP contribution >= 0.6 is 0 Å². The Bertz CT molecular complexity index is 565. The largest absolute Gasteiger partial charge is 0.493 e. The number of rotatable bonds is 5. The summed E-state index contributed by atoms with van der Waals surface area (Å²) in [6.07, 6.45) is 3.16. The van der Waals surface area contributed by atoms with Gasteiger partial charge in [-0.15, -0.1) is 0 Å². The summed E-state index contributed by atoms with van der Waals surface area (Å²) in [4.78, 5) is 15.1. The second-order valence-electron chi connectivity index (χ2n) is 6.29. The third-order valence-corrected chi connectivity index (χ3v) is 4.55. The Hall–Kier alpha value is -1.95. The molecule has 2 aliphatic heterocycles. The quantitative estimate of drug-likeness (QED) is 0.893. The molecule has 1 amide bonds. The molecule has 1 N–H and O–H groups in total. The van der Waals surface area contributed by atoms with E-state index in [-0.39, 0.29) is 11.9 Å². The molecule has 0 bridgehead atoms. The highest BCUT2D eigenvalue weighted by Crippen LogP contribution is 2.40. The summed E-state index contributed by atoms with van der Waals surface area (Å²) in [5.41, 5.74) is 0.548. The number of nitrogens with zero attached hydrogens (tertiary/aromatic N) is 1. The molecule has 0 radical (unpaired) electrons. The van der Waals surface area contributed by atoms with Crippen LogP contribution in [0.3, 0.4) is 0 Å². The number of benzene rings is 1. The smallest absolute Gasteiger partial charge is 0.251 e. The Morgan fingerprint density at radius 1 is 1.29 bits per heavy atom. The van der Waals surface area contributed by atoms with Gasteiger partial charge in [-0.2, -0.15) is 0 Å². The maximum atomic E-state index is 12.6. The van der Waals surface area contributed by atoms with Gasteiger partial charge < -0.3 is 24.4 Å². The second-order valence-corrected chi connectivity index (χ2v) is 6.29. The van der Waals surface area contributed by atoms with Crippen LogP contribution in [0, 0.1) is 0 Å². The molecular weight excluding hydrogens is 308 g/mol. The predicted octanol–water partition coefficient (Wildman–Crippen LogP) is 2.07. The minimum Gasteiger partial charge on any atom is -0.493 e. The molecule has 0 aromatic heterocycles. The molecule has 0 aliphatic carbocycles. The molecule has 3 rings (SSSR count). The first-order chi connectivity index (χ1) is 11.7. The zero-order valence-corrected chi connectivity index (χ0v) is 14.5. The highest BCUT2D eigenvalue weighted by Gasteiger charge is 2.24. The summed E-state index contributed by atoms with van der Waals surface area (Å²) in [6.45, 7) is 6.40. The number of carbonyl (C=O) groups excluding carboxylic acids is 1. The number of methoxy groups -OCH3 is 1. The van der Waals surface area contributed by atoms with Crippen molar-refractivity contribution < 1.29 is 19.0 Å². The lowest BCUT2D eigenvalue weighted by atomic mass is 10.0. The van der Waals surface area contributed by atoms with Crippen LogP contribution < -0.4 is 19.5 Å². The van der Waals surface area contributed by atoms with Gasteiger partial charge in [-0.25, -0.2) is 0 Å². The third kappa shape index (κ3) is 3.75. The summed E-state index contributed by atoms with van der Waals surface area (Å²) in [7, 11) is 1.57. The summed E-state index contributed by atoms with van der Waals surface area (Å²) in [5, 5.41) is 3.14. The fraction of sp³-hybridized carbons (Fsp3) is 0.611. The number of amides is 1. The van der Waals surface area contributed by atoms with E-state index in [0.717, 1.165) is 32.5 Å². The zero-order chi connectivity index (χ0) is 16.9. The summed E-state index contributed by atoms with van der Waals surface area (Å²) in [6, 6.07) is 3.68. The lowest BCUT2D eigenvalue weighted by Crippen LogP contribution is -2.44. The first kappa shape index (κ1) is 16.9. The van der Waals surface area contributed by atoms with E-state index in [0.29, 0.717) is 36.0 Å². The lowest BCUT2D eigenvalue weighted by Gasteiger charge is -2.32. The van der Waals surface area contributed by atoms with Crippen molar-refractivity contribution in [3.8, 4) is 17.2 Å². The maximum Gasteiger partial charge on any atom is 0.251 e. The average Bonchev–Trinajstić information content (AvgIpc) is 2.62. The maximum absolute atomic E-state index is 12.6. The van der Waals surface area contributed by atoms with Crippen LogP contribution in [0.25, 0.3) is 0 Å². The standard InChI is InChI=1S/C18H26N2O4/c1-3-6-20-7-4-14(5-8-20)19-18(21)13-11-15(22-2)17-16(12-13)23-9-10-24-17/h11-12,14H,3-10H2,1-2H3,(H,19,21). The molecule has 2 aliphatic rings. The monoisotopic (exact) mass is 334 g/mol. The van der Waals surface area contributed by atoms with E-state index in [1.54, 1.807) is 19.2 Å². The molecule has 6 nitrogen and oxygen atoms in total.